The van der Waals surface area contributed by atoms with Crippen LogP contribution in [0.5, 0.6) is 0 Å². The molecule has 0 bridgehead atoms. The quantitative estimate of drug-likeness (QED) is 0.656. The third-order valence-electron chi connectivity index (χ3n) is 6.16. The Bertz CT molecular complexity index is 1250. The Morgan fingerprint density at radius 1 is 1.12 bits per heavy atom. The molecule has 1 saturated heterocycles. The van der Waals surface area contributed by atoms with Gasteiger partial charge in [0.2, 0.25) is 15.9 Å². The van der Waals surface area contributed by atoms with E-state index in [0.717, 1.165) is 18.2 Å². The molecule has 3 heterocycles. The lowest BCUT2D eigenvalue weighted by molar-refractivity contribution is -0.123. The lowest BCUT2D eigenvalue weighted by Gasteiger charge is -2.36. The second kappa shape index (κ2) is 8.27. The third kappa shape index (κ3) is 4.08. The molecule has 1 fully saturated rings. The molecule has 0 N–H and O–H groups in total. The number of carbonyl (C=O) groups is 1. The van der Waals surface area contributed by atoms with Crippen molar-refractivity contribution in [3.8, 4) is 0 Å². The number of piperidine rings is 1. The van der Waals surface area contributed by atoms with Crippen molar-refractivity contribution in [2.75, 3.05) is 30.8 Å². The Hall–Kier alpha value is -2.24. The van der Waals surface area contributed by atoms with Gasteiger partial charge in [-0.05, 0) is 63.3 Å². The molecule has 0 spiro atoms. The molecule has 1 unspecified atom stereocenters. The SMILES string of the molecule is Cc1noc(C)c1S(=O)(=O)N1CCCC(C(=O)N2CCCc3cc(S(C)(=O)=O)ccc32)C1. The molecule has 174 valence electrons. The van der Waals surface area contributed by atoms with E-state index in [-0.39, 0.29) is 28.0 Å². The summed E-state index contributed by atoms with van der Waals surface area (Å²) < 4.78 is 56.6. The molecule has 0 saturated carbocycles. The number of anilines is 1. The molecular formula is C21H27N3O6S2. The van der Waals surface area contributed by atoms with Crippen molar-refractivity contribution < 1.29 is 26.2 Å². The van der Waals surface area contributed by atoms with Crippen molar-refractivity contribution in [2.45, 2.75) is 49.3 Å². The van der Waals surface area contributed by atoms with Crippen LogP contribution in [0.25, 0.3) is 0 Å². The monoisotopic (exact) mass is 481 g/mol. The van der Waals surface area contributed by atoms with E-state index in [4.69, 9.17) is 4.52 Å². The fourth-order valence-electron chi connectivity index (χ4n) is 4.59. The third-order valence-corrected chi connectivity index (χ3v) is 9.38. The van der Waals surface area contributed by atoms with Crippen molar-refractivity contribution >= 4 is 31.5 Å². The van der Waals surface area contributed by atoms with Crippen LogP contribution in [0, 0.1) is 19.8 Å². The van der Waals surface area contributed by atoms with E-state index in [2.05, 4.69) is 5.16 Å². The molecule has 11 heteroatoms. The van der Waals surface area contributed by atoms with Gasteiger partial charge in [0.05, 0.1) is 10.8 Å². The standard InChI is InChI=1S/C21H27N3O6S2/c1-14-20(15(2)30-22-14)32(28,29)23-10-4-7-17(13-23)21(25)24-11-5-6-16-12-18(31(3,26)27)8-9-19(16)24/h8-9,12,17H,4-7,10-11,13H2,1-3H3. The predicted octanol–water partition coefficient (Wildman–Crippen LogP) is 2.08. The van der Waals surface area contributed by atoms with Crippen molar-refractivity contribution in [3.05, 3.63) is 35.2 Å². The topological polar surface area (TPSA) is 118 Å². The van der Waals surface area contributed by atoms with Crippen molar-refractivity contribution in [3.63, 3.8) is 0 Å². The van der Waals surface area contributed by atoms with Crippen molar-refractivity contribution in [1.82, 2.24) is 9.46 Å². The van der Waals surface area contributed by atoms with E-state index in [9.17, 15) is 21.6 Å². The zero-order valence-electron chi connectivity index (χ0n) is 18.4. The van der Waals surface area contributed by atoms with E-state index < -0.39 is 25.8 Å². The summed E-state index contributed by atoms with van der Waals surface area (Å²) in [6, 6.07) is 4.85. The van der Waals surface area contributed by atoms with Gasteiger partial charge in [-0.1, -0.05) is 5.16 Å². The minimum atomic E-state index is -3.82. The number of sulfonamides is 1. The number of aryl methyl sites for hydroxylation is 3. The molecular weight excluding hydrogens is 454 g/mol. The Kier molecular flexibility index (Phi) is 5.93. The number of rotatable bonds is 4. The zero-order valence-corrected chi connectivity index (χ0v) is 20.0. The first kappa shape index (κ1) is 22.9. The lowest BCUT2D eigenvalue weighted by atomic mass is 9.95. The van der Waals surface area contributed by atoms with E-state index in [1.807, 2.05) is 0 Å². The van der Waals surface area contributed by atoms with E-state index in [1.165, 1.54) is 10.4 Å². The molecule has 4 rings (SSSR count). The summed E-state index contributed by atoms with van der Waals surface area (Å²) in [6.07, 6.45) is 3.75. The molecule has 1 atom stereocenters. The van der Waals surface area contributed by atoms with Crippen LogP contribution in [-0.2, 0) is 31.1 Å². The summed E-state index contributed by atoms with van der Waals surface area (Å²) >= 11 is 0. The highest BCUT2D eigenvalue weighted by Gasteiger charge is 2.38. The van der Waals surface area contributed by atoms with Crippen LogP contribution in [0.15, 0.2) is 32.5 Å². The van der Waals surface area contributed by atoms with Gasteiger partial charge >= 0.3 is 0 Å². The van der Waals surface area contributed by atoms with Gasteiger partial charge in [-0.25, -0.2) is 16.8 Å². The summed E-state index contributed by atoms with van der Waals surface area (Å²) in [5.74, 6) is -0.362. The van der Waals surface area contributed by atoms with Crippen LogP contribution < -0.4 is 4.90 Å². The number of sulfone groups is 1. The van der Waals surface area contributed by atoms with Crippen LogP contribution in [-0.4, -0.2) is 58.1 Å². The van der Waals surface area contributed by atoms with E-state index >= 15 is 0 Å². The predicted molar refractivity (Wildman–Crippen MR) is 118 cm³/mol. The number of benzene rings is 1. The maximum absolute atomic E-state index is 13.4. The Morgan fingerprint density at radius 2 is 1.88 bits per heavy atom. The van der Waals surface area contributed by atoms with Crippen molar-refractivity contribution in [2.24, 2.45) is 5.92 Å². The Labute approximate surface area is 188 Å². The smallest absolute Gasteiger partial charge is 0.248 e. The molecule has 0 aliphatic carbocycles. The van der Waals surface area contributed by atoms with Gasteiger partial charge in [-0.2, -0.15) is 4.31 Å². The molecule has 32 heavy (non-hydrogen) atoms. The molecule has 2 aromatic rings. The average molecular weight is 482 g/mol. The largest absolute Gasteiger partial charge is 0.360 e. The minimum Gasteiger partial charge on any atom is -0.360 e. The van der Waals surface area contributed by atoms with Gasteiger partial charge in [0.15, 0.2) is 15.6 Å². The molecule has 9 nitrogen and oxygen atoms in total. The zero-order chi connectivity index (χ0) is 23.3. The number of hydrogen-bond donors (Lipinski definition) is 0. The number of carbonyl (C=O) groups excluding carboxylic acids is 1. The second-order valence-corrected chi connectivity index (χ2v) is 12.4. The van der Waals surface area contributed by atoms with Crippen LogP contribution in [0.3, 0.4) is 0 Å². The maximum Gasteiger partial charge on any atom is 0.248 e. The first-order chi connectivity index (χ1) is 15.0. The number of nitrogens with zero attached hydrogens (tertiary/aromatic N) is 3. The van der Waals surface area contributed by atoms with Gasteiger partial charge in [0.25, 0.3) is 0 Å². The average Bonchev–Trinajstić information content (AvgIpc) is 3.10. The van der Waals surface area contributed by atoms with Gasteiger partial charge < -0.3 is 9.42 Å². The fraction of sp³-hybridized carbons (Fsp3) is 0.524. The fourth-order valence-corrected chi connectivity index (χ4v) is 7.07. The molecule has 1 amide bonds. The highest BCUT2D eigenvalue weighted by molar-refractivity contribution is 7.90. The summed E-state index contributed by atoms with van der Waals surface area (Å²) in [5.41, 5.74) is 1.84. The normalized spacial score (nSPS) is 20.2. The van der Waals surface area contributed by atoms with Gasteiger partial charge in [0.1, 0.15) is 10.6 Å². The molecule has 2 aliphatic rings. The summed E-state index contributed by atoms with van der Waals surface area (Å²) in [4.78, 5) is 15.4. The molecule has 1 aromatic carbocycles. The lowest BCUT2D eigenvalue weighted by Crippen LogP contribution is -2.48. The second-order valence-electron chi connectivity index (χ2n) is 8.51. The highest BCUT2D eigenvalue weighted by Crippen LogP contribution is 2.33. The molecule has 2 aliphatic heterocycles. The van der Waals surface area contributed by atoms with Crippen LogP contribution in [0.1, 0.15) is 36.3 Å². The number of fused-ring (bicyclic) bond motifs is 1. The van der Waals surface area contributed by atoms with Crippen LogP contribution in [0.2, 0.25) is 0 Å². The highest BCUT2D eigenvalue weighted by atomic mass is 32.2. The summed E-state index contributed by atoms with van der Waals surface area (Å²) in [6.45, 7) is 4.11. The van der Waals surface area contributed by atoms with Crippen LogP contribution in [0.4, 0.5) is 5.69 Å². The number of hydrogen-bond acceptors (Lipinski definition) is 7. The molecule has 0 radical (unpaired) electrons. The Morgan fingerprint density at radius 3 is 2.53 bits per heavy atom. The maximum atomic E-state index is 13.4. The van der Waals surface area contributed by atoms with Gasteiger partial charge in [-0.15, -0.1) is 0 Å². The van der Waals surface area contributed by atoms with Crippen LogP contribution >= 0.6 is 0 Å². The van der Waals surface area contributed by atoms with Gasteiger partial charge in [-0.3, -0.25) is 4.79 Å². The first-order valence-electron chi connectivity index (χ1n) is 10.6. The first-order valence-corrected chi connectivity index (χ1v) is 13.9. The summed E-state index contributed by atoms with van der Waals surface area (Å²) in [5, 5.41) is 3.76. The summed E-state index contributed by atoms with van der Waals surface area (Å²) in [7, 11) is -7.16. The van der Waals surface area contributed by atoms with Crippen molar-refractivity contribution in [1.29, 1.82) is 0 Å². The number of amides is 1. The minimum absolute atomic E-state index is 0.0715. The molecule has 1 aromatic heterocycles. The Balaban J connectivity index is 1.59. The van der Waals surface area contributed by atoms with E-state index in [1.54, 1.807) is 30.9 Å². The van der Waals surface area contributed by atoms with E-state index in [0.29, 0.717) is 43.7 Å². The van der Waals surface area contributed by atoms with Gasteiger partial charge in [0, 0.05) is 31.6 Å². The number of aromatic nitrogens is 1.